The summed E-state index contributed by atoms with van der Waals surface area (Å²) in [5.74, 6) is -0.684. The minimum Gasteiger partial charge on any atom is -0.507 e. The van der Waals surface area contributed by atoms with E-state index >= 15 is 0 Å². The molecule has 2 heterocycles. The average molecular weight is 458 g/mol. The fourth-order valence-corrected chi connectivity index (χ4v) is 4.37. The zero-order valence-electron chi connectivity index (χ0n) is 17.8. The first-order chi connectivity index (χ1) is 15.4. The molecule has 2 aliphatic rings. The summed E-state index contributed by atoms with van der Waals surface area (Å²) in [5, 5.41) is 11.4. The van der Waals surface area contributed by atoms with E-state index in [1.54, 1.807) is 43.5 Å². The summed E-state index contributed by atoms with van der Waals surface area (Å²) in [5.41, 5.74) is 0.872. The number of carbonyl (C=O) groups excluding carboxylic acids is 2. The normalized spacial score (nSPS) is 22.4. The minimum absolute atomic E-state index is 0.0201. The highest BCUT2D eigenvalue weighted by Gasteiger charge is 2.47. The van der Waals surface area contributed by atoms with Gasteiger partial charge in [0, 0.05) is 18.7 Å². The topological polar surface area (TPSA) is 85.3 Å². The van der Waals surface area contributed by atoms with Crippen LogP contribution in [0.1, 0.15) is 30.0 Å². The fraction of sp³-hybridized carbons (Fsp3) is 0.333. The molecular formula is C24H24ClNO6. The van der Waals surface area contributed by atoms with Crippen LogP contribution in [0.4, 0.5) is 0 Å². The van der Waals surface area contributed by atoms with Crippen LogP contribution in [0.2, 0.25) is 5.02 Å². The molecule has 7 nitrogen and oxygen atoms in total. The molecule has 0 aromatic heterocycles. The van der Waals surface area contributed by atoms with Crippen molar-refractivity contribution in [1.82, 2.24) is 4.90 Å². The maximum absolute atomic E-state index is 13.1. The van der Waals surface area contributed by atoms with E-state index in [1.807, 2.05) is 0 Å². The largest absolute Gasteiger partial charge is 0.507 e. The summed E-state index contributed by atoms with van der Waals surface area (Å²) in [6.45, 7) is 0.880. The van der Waals surface area contributed by atoms with E-state index < -0.39 is 17.7 Å². The molecule has 2 fully saturated rings. The predicted molar refractivity (Wildman–Crippen MR) is 119 cm³/mol. The molecule has 2 aliphatic heterocycles. The molecule has 0 bridgehead atoms. The molecule has 8 heteroatoms. The van der Waals surface area contributed by atoms with E-state index in [-0.39, 0.29) is 34.6 Å². The molecule has 0 saturated carbocycles. The lowest BCUT2D eigenvalue weighted by Crippen LogP contribution is -2.36. The van der Waals surface area contributed by atoms with Gasteiger partial charge in [-0.2, -0.15) is 0 Å². The molecule has 2 aromatic carbocycles. The molecule has 0 radical (unpaired) electrons. The lowest BCUT2D eigenvalue weighted by Gasteiger charge is -2.27. The number of rotatable bonds is 6. The van der Waals surface area contributed by atoms with Crippen LogP contribution >= 0.6 is 11.6 Å². The number of benzene rings is 2. The minimum atomic E-state index is -0.785. The molecule has 2 saturated heterocycles. The van der Waals surface area contributed by atoms with Gasteiger partial charge in [0.2, 0.25) is 0 Å². The van der Waals surface area contributed by atoms with Crippen molar-refractivity contribution < 1.29 is 28.9 Å². The summed E-state index contributed by atoms with van der Waals surface area (Å²) in [6.07, 6.45) is 1.55. The third kappa shape index (κ3) is 4.06. The van der Waals surface area contributed by atoms with Gasteiger partial charge in [-0.3, -0.25) is 9.59 Å². The number of Topliss-reactive ketones (excluding diaryl/α,β-unsaturated/α-hetero) is 1. The molecule has 4 rings (SSSR count). The molecule has 1 amide bonds. The quantitative estimate of drug-likeness (QED) is 0.401. The summed E-state index contributed by atoms with van der Waals surface area (Å²) in [4.78, 5) is 27.6. The van der Waals surface area contributed by atoms with Crippen LogP contribution in [-0.2, 0) is 14.3 Å². The molecule has 2 aromatic rings. The van der Waals surface area contributed by atoms with E-state index in [0.29, 0.717) is 23.7 Å². The van der Waals surface area contributed by atoms with E-state index in [0.717, 1.165) is 12.8 Å². The number of hydrogen-bond acceptors (Lipinski definition) is 6. The Balaban J connectivity index is 1.85. The maximum atomic E-state index is 13.1. The number of aliphatic hydroxyl groups is 1. The van der Waals surface area contributed by atoms with Gasteiger partial charge in [0.15, 0.2) is 0 Å². The number of likely N-dealkylation sites (tertiary alicyclic amines) is 1. The van der Waals surface area contributed by atoms with Crippen molar-refractivity contribution in [1.29, 1.82) is 0 Å². The summed E-state index contributed by atoms with van der Waals surface area (Å²) < 4.78 is 16.2. The zero-order valence-corrected chi connectivity index (χ0v) is 18.6. The second-order valence-electron chi connectivity index (χ2n) is 7.71. The van der Waals surface area contributed by atoms with Crippen LogP contribution in [0.25, 0.3) is 5.76 Å². The molecule has 1 N–H and O–H groups in total. The second-order valence-corrected chi connectivity index (χ2v) is 8.11. The SMILES string of the molecule is COc1ccc(C2/C(=C(\O)c3cc(OC)ccc3Cl)C(=O)C(=O)N2CC2CCCO2)cc1. The number of ether oxygens (including phenoxy) is 3. The smallest absolute Gasteiger partial charge is 0.295 e. The van der Waals surface area contributed by atoms with Crippen molar-refractivity contribution in [2.45, 2.75) is 25.0 Å². The number of carbonyl (C=O) groups is 2. The molecule has 168 valence electrons. The lowest BCUT2D eigenvalue weighted by atomic mass is 9.95. The second kappa shape index (κ2) is 9.22. The fourth-order valence-electron chi connectivity index (χ4n) is 4.17. The number of hydrogen-bond donors (Lipinski definition) is 1. The van der Waals surface area contributed by atoms with Gasteiger partial charge < -0.3 is 24.2 Å². The van der Waals surface area contributed by atoms with Crippen molar-refractivity contribution in [3.05, 3.63) is 64.2 Å². The molecule has 32 heavy (non-hydrogen) atoms. The highest BCUT2D eigenvalue weighted by Crippen LogP contribution is 2.42. The zero-order chi connectivity index (χ0) is 22.8. The third-order valence-corrected chi connectivity index (χ3v) is 6.15. The van der Waals surface area contributed by atoms with Gasteiger partial charge in [0.1, 0.15) is 17.3 Å². The van der Waals surface area contributed by atoms with Crippen LogP contribution in [-0.4, -0.2) is 55.2 Å². The van der Waals surface area contributed by atoms with Crippen molar-refractivity contribution >= 4 is 29.1 Å². The van der Waals surface area contributed by atoms with Gasteiger partial charge in [-0.25, -0.2) is 0 Å². The highest BCUT2D eigenvalue weighted by atomic mass is 35.5. The number of aliphatic hydroxyl groups excluding tert-OH is 1. The van der Waals surface area contributed by atoms with E-state index in [9.17, 15) is 14.7 Å². The van der Waals surface area contributed by atoms with Crippen LogP contribution in [0.15, 0.2) is 48.0 Å². The van der Waals surface area contributed by atoms with Gasteiger partial charge >= 0.3 is 0 Å². The van der Waals surface area contributed by atoms with Gasteiger partial charge in [-0.05, 0) is 48.7 Å². The van der Waals surface area contributed by atoms with Crippen molar-refractivity contribution in [2.24, 2.45) is 0 Å². The maximum Gasteiger partial charge on any atom is 0.295 e. The number of nitrogens with zero attached hydrogens (tertiary/aromatic N) is 1. The first kappa shape index (κ1) is 22.2. The Morgan fingerprint density at radius 1 is 1.12 bits per heavy atom. The number of halogens is 1. The number of amides is 1. The molecule has 0 aliphatic carbocycles. The summed E-state index contributed by atoms with van der Waals surface area (Å²) in [7, 11) is 3.05. The first-order valence-electron chi connectivity index (χ1n) is 10.3. The van der Waals surface area contributed by atoms with Crippen molar-refractivity contribution in [3.8, 4) is 11.5 Å². The molecule has 2 atom stereocenters. The van der Waals surface area contributed by atoms with E-state index in [1.165, 1.54) is 18.1 Å². The van der Waals surface area contributed by atoms with Crippen LogP contribution in [0, 0.1) is 0 Å². The standard InChI is InChI=1S/C24H24ClNO6/c1-30-15-7-5-14(6-8-15)21-20(22(27)18-12-16(31-2)9-10-19(18)25)23(28)24(29)26(21)13-17-4-3-11-32-17/h5-10,12,17,21,27H,3-4,11,13H2,1-2H3/b22-20+. The Morgan fingerprint density at radius 2 is 1.81 bits per heavy atom. The third-order valence-electron chi connectivity index (χ3n) is 5.82. The molecular weight excluding hydrogens is 434 g/mol. The Kier molecular flexibility index (Phi) is 6.39. The molecule has 0 spiro atoms. The first-order valence-corrected chi connectivity index (χ1v) is 10.7. The van der Waals surface area contributed by atoms with Gasteiger partial charge in [-0.15, -0.1) is 0 Å². The van der Waals surface area contributed by atoms with Gasteiger partial charge in [0.25, 0.3) is 11.7 Å². The summed E-state index contributed by atoms with van der Waals surface area (Å²) in [6, 6.07) is 11.0. The summed E-state index contributed by atoms with van der Waals surface area (Å²) >= 11 is 6.32. The van der Waals surface area contributed by atoms with E-state index in [2.05, 4.69) is 0 Å². The van der Waals surface area contributed by atoms with Crippen molar-refractivity contribution in [2.75, 3.05) is 27.4 Å². The predicted octanol–water partition coefficient (Wildman–Crippen LogP) is 3.96. The van der Waals surface area contributed by atoms with Gasteiger partial charge in [0.05, 0.1) is 37.0 Å². The van der Waals surface area contributed by atoms with Crippen molar-refractivity contribution in [3.63, 3.8) is 0 Å². The van der Waals surface area contributed by atoms with Crippen LogP contribution in [0.5, 0.6) is 11.5 Å². The Morgan fingerprint density at radius 3 is 2.44 bits per heavy atom. The Hall–Kier alpha value is -3.03. The number of methoxy groups -OCH3 is 2. The van der Waals surface area contributed by atoms with Crippen LogP contribution in [0.3, 0.4) is 0 Å². The van der Waals surface area contributed by atoms with Gasteiger partial charge in [-0.1, -0.05) is 23.7 Å². The molecule has 2 unspecified atom stereocenters. The Bertz CT molecular complexity index is 1060. The van der Waals surface area contributed by atoms with Crippen LogP contribution < -0.4 is 9.47 Å². The number of ketones is 1. The van der Waals surface area contributed by atoms with E-state index in [4.69, 9.17) is 25.8 Å². The average Bonchev–Trinajstić information content (AvgIpc) is 3.41. The highest BCUT2D eigenvalue weighted by molar-refractivity contribution is 6.47. The Labute approximate surface area is 191 Å². The lowest BCUT2D eigenvalue weighted by molar-refractivity contribution is -0.140. The monoisotopic (exact) mass is 457 g/mol.